The molecule has 5 heteroatoms. The molecule has 1 N–H and O–H groups in total. The number of nitrogens with zero attached hydrogens (tertiary/aromatic N) is 3. The number of carbonyl (C=O) groups excluding carboxylic acids is 1. The molecule has 0 radical (unpaired) electrons. The standard InChI is InChI=1S/C20H32N4O/c1-16(2)23-12-7-19(8-13-23)24-11-3-4-18(15-24)20(25)22-14-17-5-9-21-10-6-17/h5-6,9-10,16,18-19H,3-4,7-8,11-15H2,1-2H3,(H,22,25)/t18-/m1/s1. The van der Waals surface area contributed by atoms with Gasteiger partial charge in [-0.2, -0.15) is 0 Å². The summed E-state index contributed by atoms with van der Waals surface area (Å²) in [4.78, 5) is 21.7. The second-order valence-electron chi connectivity index (χ2n) is 7.77. The van der Waals surface area contributed by atoms with E-state index in [4.69, 9.17) is 0 Å². The van der Waals surface area contributed by atoms with Gasteiger partial charge in [-0.3, -0.25) is 14.7 Å². The summed E-state index contributed by atoms with van der Waals surface area (Å²) < 4.78 is 0. The SMILES string of the molecule is CC(C)N1CCC(N2CCC[C@@H](C(=O)NCc3ccncc3)C2)CC1. The number of aromatic nitrogens is 1. The van der Waals surface area contributed by atoms with Gasteiger partial charge < -0.3 is 10.2 Å². The number of likely N-dealkylation sites (tertiary alicyclic amines) is 2. The van der Waals surface area contributed by atoms with Gasteiger partial charge in [0.25, 0.3) is 0 Å². The first-order valence-electron chi connectivity index (χ1n) is 9.78. The lowest BCUT2D eigenvalue weighted by Gasteiger charge is -2.43. The highest BCUT2D eigenvalue weighted by Gasteiger charge is 2.31. The Balaban J connectivity index is 1.47. The van der Waals surface area contributed by atoms with Crippen molar-refractivity contribution in [3.8, 4) is 0 Å². The second kappa shape index (κ2) is 8.77. The van der Waals surface area contributed by atoms with Crippen LogP contribution in [0.4, 0.5) is 0 Å². The number of nitrogens with one attached hydrogen (secondary N) is 1. The van der Waals surface area contributed by atoms with Crippen molar-refractivity contribution in [1.29, 1.82) is 0 Å². The highest BCUT2D eigenvalue weighted by Crippen LogP contribution is 2.24. The molecule has 0 unspecified atom stereocenters. The van der Waals surface area contributed by atoms with Crippen molar-refractivity contribution in [1.82, 2.24) is 20.1 Å². The average molecular weight is 345 g/mol. The van der Waals surface area contributed by atoms with Gasteiger partial charge in [0.05, 0.1) is 5.92 Å². The van der Waals surface area contributed by atoms with E-state index in [0.717, 1.165) is 31.5 Å². The molecule has 2 fully saturated rings. The van der Waals surface area contributed by atoms with Crippen molar-refractivity contribution >= 4 is 5.91 Å². The fourth-order valence-electron chi connectivity index (χ4n) is 4.15. The Kier molecular flexibility index (Phi) is 6.43. The number of pyridine rings is 1. The Bertz CT molecular complexity index is 540. The Morgan fingerprint density at radius 3 is 2.60 bits per heavy atom. The molecule has 3 rings (SSSR count). The first kappa shape index (κ1) is 18.3. The van der Waals surface area contributed by atoms with Crippen molar-refractivity contribution < 1.29 is 4.79 Å². The van der Waals surface area contributed by atoms with Crippen molar-refractivity contribution in [2.24, 2.45) is 5.92 Å². The summed E-state index contributed by atoms with van der Waals surface area (Å²) in [6.45, 7) is 9.63. The predicted octanol–water partition coefficient (Wildman–Crippen LogP) is 2.28. The lowest BCUT2D eigenvalue weighted by Crippen LogP contribution is -2.51. The third-order valence-electron chi connectivity index (χ3n) is 5.79. The second-order valence-corrected chi connectivity index (χ2v) is 7.77. The van der Waals surface area contributed by atoms with Crippen molar-refractivity contribution in [2.45, 2.75) is 58.2 Å². The molecule has 1 aromatic heterocycles. The molecule has 0 spiro atoms. The summed E-state index contributed by atoms with van der Waals surface area (Å²) in [6.07, 6.45) is 8.18. The monoisotopic (exact) mass is 344 g/mol. The highest BCUT2D eigenvalue weighted by atomic mass is 16.1. The van der Waals surface area contributed by atoms with Gasteiger partial charge in [0.1, 0.15) is 0 Å². The molecule has 1 aromatic rings. The molecule has 1 atom stereocenters. The van der Waals surface area contributed by atoms with Gasteiger partial charge >= 0.3 is 0 Å². The molecule has 0 aliphatic carbocycles. The lowest BCUT2D eigenvalue weighted by atomic mass is 9.93. The quantitative estimate of drug-likeness (QED) is 0.890. The fourth-order valence-corrected chi connectivity index (χ4v) is 4.15. The van der Waals surface area contributed by atoms with Gasteiger partial charge in [0.2, 0.25) is 5.91 Å². The fraction of sp³-hybridized carbons (Fsp3) is 0.700. The van der Waals surface area contributed by atoms with Gasteiger partial charge in [-0.15, -0.1) is 0 Å². The van der Waals surface area contributed by atoms with Gasteiger partial charge in [0.15, 0.2) is 0 Å². The number of rotatable bonds is 5. The zero-order chi connectivity index (χ0) is 17.6. The molecule has 138 valence electrons. The van der Waals surface area contributed by atoms with Crippen LogP contribution in [0.25, 0.3) is 0 Å². The zero-order valence-corrected chi connectivity index (χ0v) is 15.7. The summed E-state index contributed by atoms with van der Waals surface area (Å²) in [5, 5.41) is 3.11. The maximum absolute atomic E-state index is 12.6. The normalized spacial score (nSPS) is 23.7. The molecule has 0 saturated carbocycles. The van der Waals surface area contributed by atoms with Crippen molar-refractivity contribution in [3.63, 3.8) is 0 Å². The molecule has 2 aliphatic heterocycles. The molecule has 0 bridgehead atoms. The zero-order valence-electron chi connectivity index (χ0n) is 15.7. The third kappa shape index (κ3) is 5.02. The van der Waals surface area contributed by atoms with E-state index in [9.17, 15) is 4.79 Å². The van der Waals surface area contributed by atoms with E-state index in [1.54, 1.807) is 12.4 Å². The van der Waals surface area contributed by atoms with E-state index in [0.29, 0.717) is 18.6 Å². The minimum absolute atomic E-state index is 0.138. The van der Waals surface area contributed by atoms with Gasteiger partial charge in [-0.25, -0.2) is 0 Å². The summed E-state index contributed by atoms with van der Waals surface area (Å²) in [6, 6.07) is 5.21. The van der Waals surface area contributed by atoms with Crippen molar-refractivity contribution in [2.75, 3.05) is 26.2 Å². The molecule has 2 saturated heterocycles. The van der Waals surface area contributed by atoms with Crippen LogP contribution in [0, 0.1) is 5.92 Å². The topological polar surface area (TPSA) is 48.5 Å². The molecule has 25 heavy (non-hydrogen) atoms. The van der Waals surface area contributed by atoms with Crippen molar-refractivity contribution in [3.05, 3.63) is 30.1 Å². The van der Waals surface area contributed by atoms with Crippen LogP contribution < -0.4 is 5.32 Å². The van der Waals surface area contributed by atoms with Crippen LogP contribution in [0.15, 0.2) is 24.5 Å². The molecule has 5 nitrogen and oxygen atoms in total. The largest absolute Gasteiger partial charge is 0.352 e. The first-order chi connectivity index (χ1) is 12.1. The van der Waals surface area contributed by atoms with E-state index < -0.39 is 0 Å². The van der Waals surface area contributed by atoms with Crippen LogP contribution in [-0.4, -0.2) is 59.0 Å². The minimum atomic E-state index is 0.138. The molecule has 1 amide bonds. The van der Waals surface area contributed by atoms with Crippen LogP contribution in [0.5, 0.6) is 0 Å². The van der Waals surface area contributed by atoms with E-state index in [2.05, 4.69) is 33.9 Å². The van der Waals surface area contributed by atoms with Crippen LogP contribution >= 0.6 is 0 Å². The van der Waals surface area contributed by atoms with E-state index in [1.165, 1.54) is 25.9 Å². The number of carbonyl (C=O) groups is 1. The smallest absolute Gasteiger partial charge is 0.224 e. The van der Waals surface area contributed by atoms with Crippen LogP contribution in [0.1, 0.15) is 45.1 Å². The number of piperidine rings is 2. The molecule has 3 heterocycles. The Morgan fingerprint density at radius 2 is 1.92 bits per heavy atom. The van der Waals surface area contributed by atoms with E-state index >= 15 is 0 Å². The maximum atomic E-state index is 12.6. The van der Waals surface area contributed by atoms with Gasteiger partial charge in [0, 0.05) is 37.6 Å². The van der Waals surface area contributed by atoms with Gasteiger partial charge in [-0.1, -0.05) is 0 Å². The van der Waals surface area contributed by atoms with Crippen LogP contribution in [-0.2, 0) is 11.3 Å². The summed E-state index contributed by atoms with van der Waals surface area (Å²) in [5.41, 5.74) is 1.11. The summed E-state index contributed by atoms with van der Waals surface area (Å²) >= 11 is 0. The summed E-state index contributed by atoms with van der Waals surface area (Å²) in [7, 11) is 0. The Labute approximate surface area is 151 Å². The van der Waals surface area contributed by atoms with Crippen LogP contribution in [0.3, 0.4) is 0 Å². The Hall–Kier alpha value is -1.46. The molecule has 2 aliphatic rings. The molecular formula is C20H32N4O. The molecule has 0 aromatic carbocycles. The maximum Gasteiger partial charge on any atom is 0.224 e. The summed E-state index contributed by atoms with van der Waals surface area (Å²) in [5.74, 6) is 0.347. The number of amides is 1. The predicted molar refractivity (Wildman–Crippen MR) is 100 cm³/mol. The Morgan fingerprint density at radius 1 is 1.20 bits per heavy atom. The third-order valence-corrected chi connectivity index (χ3v) is 5.79. The minimum Gasteiger partial charge on any atom is -0.352 e. The highest BCUT2D eigenvalue weighted by molar-refractivity contribution is 5.78. The first-order valence-corrected chi connectivity index (χ1v) is 9.78. The lowest BCUT2D eigenvalue weighted by molar-refractivity contribution is -0.127. The van der Waals surface area contributed by atoms with Gasteiger partial charge in [-0.05, 0) is 76.9 Å². The van der Waals surface area contributed by atoms with E-state index in [-0.39, 0.29) is 11.8 Å². The average Bonchev–Trinajstić information content (AvgIpc) is 2.67. The van der Waals surface area contributed by atoms with Crippen LogP contribution in [0.2, 0.25) is 0 Å². The van der Waals surface area contributed by atoms with E-state index in [1.807, 2.05) is 12.1 Å². The number of hydrogen-bond donors (Lipinski definition) is 1. The number of hydrogen-bond acceptors (Lipinski definition) is 4. The molecular weight excluding hydrogens is 312 g/mol.